The highest BCUT2D eigenvalue weighted by Gasteiger charge is 2.11. The van der Waals surface area contributed by atoms with Crippen LogP contribution in [0.25, 0.3) is 22.2 Å². The topological polar surface area (TPSA) is 34.0 Å². The third kappa shape index (κ3) is 4.52. The van der Waals surface area contributed by atoms with Crippen LogP contribution < -0.4 is 0 Å². The fraction of sp³-hybridized carbons (Fsp3) is 0.259. The number of aromatic nitrogens is 3. The highest BCUT2D eigenvalue weighted by atomic mass is 15.2. The van der Waals surface area contributed by atoms with Crippen molar-refractivity contribution >= 4 is 11.0 Å². The highest BCUT2D eigenvalue weighted by Crippen LogP contribution is 2.19. The molecule has 0 unspecified atom stereocenters. The van der Waals surface area contributed by atoms with Crippen molar-refractivity contribution < 1.29 is 0 Å². The third-order valence-corrected chi connectivity index (χ3v) is 5.96. The Balaban J connectivity index is 1.29. The van der Waals surface area contributed by atoms with Crippen molar-refractivity contribution in [3.8, 4) is 23.0 Å². The lowest BCUT2D eigenvalue weighted by atomic mass is 10.1. The molecule has 0 aliphatic carbocycles. The maximum Gasteiger partial charge on any atom is 0.113 e. The van der Waals surface area contributed by atoms with Crippen LogP contribution in [0.3, 0.4) is 0 Å². The van der Waals surface area contributed by atoms with Gasteiger partial charge in [0.1, 0.15) is 5.69 Å². The molecule has 0 amide bonds. The molecule has 3 heterocycles. The molecule has 4 aromatic rings. The van der Waals surface area contributed by atoms with Gasteiger partial charge in [0.25, 0.3) is 0 Å². The molecular formula is C27H26N4. The Morgan fingerprint density at radius 1 is 0.839 bits per heavy atom. The van der Waals surface area contributed by atoms with Crippen LogP contribution in [0.5, 0.6) is 0 Å². The summed E-state index contributed by atoms with van der Waals surface area (Å²) in [5, 5.41) is 0. The van der Waals surface area contributed by atoms with Crippen LogP contribution in [0.4, 0.5) is 0 Å². The zero-order valence-electron chi connectivity index (χ0n) is 17.9. The van der Waals surface area contributed by atoms with Gasteiger partial charge in [-0.3, -0.25) is 0 Å². The van der Waals surface area contributed by atoms with Gasteiger partial charge in [0.2, 0.25) is 0 Å². The number of pyridine rings is 1. The number of imidazole rings is 1. The van der Waals surface area contributed by atoms with E-state index in [0.29, 0.717) is 0 Å². The summed E-state index contributed by atoms with van der Waals surface area (Å²) >= 11 is 0. The van der Waals surface area contributed by atoms with Crippen molar-refractivity contribution in [2.75, 3.05) is 19.6 Å². The summed E-state index contributed by atoms with van der Waals surface area (Å²) < 4.78 is 2.25. The van der Waals surface area contributed by atoms with Crippen LogP contribution >= 0.6 is 0 Å². The molecule has 5 rings (SSSR count). The summed E-state index contributed by atoms with van der Waals surface area (Å²) in [5.41, 5.74) is 7.43. The van der Waals surface area contributed by atoms with Gasteiger partial charge >= 0.3 is 0 Å². The average molecular weight is 407 g/mol. The van der Waals surface area contributed by atoms with Crippen molar-refractivity contribution in [3.63, 3.8) is 0 Å². The van der Waals surface area contributed by atoms with Crippen LogP contribution in [0.2, 0.25) is 0 Å². The molecule has 0 bridgehead atoms. The number of benzene rings is 2. The molecule has 2 aromatic heterocycles. The van der Waals surface area contributed by atoms with Crippen molar-refractivity contribution in [1.29, 1.82) is 0 Å². The lowest BCUT2D eigenvalue weighted by molar-refractivity contribution is 0.324. The Morgan fingerprint density at radius 2 is 1.65 bits per heavy atom. The van der Waals surface area contributed by atoms with Crippen LogP contribution in [-0.4, -0.2) is 39.1 Å². The van der Waals surface area contributed by atoms with Gasteiger partial charge in [0.15, 0.2) is 0 Å². The molecule has 0 N–H and O–H groups in total. The molecule has 1 saturated heterocycles. The first-order valence-electron chi connectivity index (χ1n) is 11.0. The molecule has 1 aliphatic heterocycles. The van der Waals surface area contributed by atoms with Crippen molar-refractivity contribution in [1.82, 2.24) is 19.4 Å². The van der Waals surface area contributed by atoms with Gasteiger partial charge in [0, 0.05) is 30.4 Å². The largest absolute Gasteiger partial charge is 0.329 e. The van der Waals surface area contributed by atoms with Crippen molar-refractivity contribution in [3.05, 3.63) is 83.9 Å². The van der Waals surface area contributed by atoms with Gasteiger partial charge in [-0.1, -0.05) is 41.8 Å². The van der Waals surface area contributed by atoms with Gasteiger partial charge < -0.3 is 9.47 Å². The number of nitrogens with zero attached hydrogens (tertiary/aromatic N) is 4. The standard InChI is InChI=1S/C27H26N4/c1-21-4-8-23(9-5-21)24-10-12-25(28-19-24)11-6-22-7-13-27-26(18-22)29-20-31(27)17-16-30-14-2-3-15-30/h4-5,7-10,12-13,18-20H,2-3,14-17H2,1H3. The van der Waals surface area contributed by atoms with Crippen molar-refractivity contribution in [2.45, 2.75) is 26.3 Å². The number of rotatable bonds is 4. The molecule has 0 radical (unpaired) electrons. The lowest BCUT2D eigenvalue weighted by Crippen LogP contribution is -2.23. The number of hydrogen-bond donors (Lipinski definition) is 0. The molecule has 2 aromatic carbocycles. The van der Waals surface area contributed by atoms with E-state index in [2.05, 4.69) is 86.7 Å². The van der Waals surface area contributed by atoms with E-state index in [-0.39, 0.29) is 0 Å². The summed E-state index contributed by atoms with van der Waals surface area (Å²) in [6.45, 7) is 6.63. The normalized spacial score (nSPS) is 14.0. The number of likely N-dealkylation sites (tertiary alicyclic amines) is 1. The van der Waals surface area contributed by atoms with Gasteiger partial charge in [-0.25, -0.2) is 9.97 Å². The lowest BCUT2D eigenvalue weighted by Gasteiger charge is -2.14. The second-order valence-electron chi connectivity index (χ2n) is 8.24. The Bertz CT molecular complexity index is 1230. The Labute approximate surface area is 183 Å². The minimum atomic E-state index is 0.770. The SMILES string of the molecule is Cc1ccc(-c2ccc(C#Cc3ccc4c(c3)ncn4CCN3CCCC3)nc2)cc1. The first-order valence-corrected chi connectivity index (χ1v) is 11.0. The molecule has 0 atom stereocenters. The van der Waals surface area contributed by atoms with Gasteiger partial charge in [0.05, 0.1) is 17.4 Å². The maximum atomic E-state index is 4.59. The van der Waals surface area contributed by atoms with E-state index < -0.39 is 0 Å². The van der Waals surface area contributed by atoms with E-state index in [1.165, 1.54) is 42.6 Å². The molecule has 4 nitrogen and oxygen atoms in total. The maximum absolute atomic E-state index is 4.59. The average Bonchev–Trinajstić information content (AvgIpc) is 3.47. The zero-order chi connectivity index (χ0) is 21.0. The van der Waals surface area contributed by atoms with Crippen LogP contribution in [-0.2, 0) is 6.54 Å². The Morgan fingerprint density at radius 3 is 2.42 bits per heavy atom. The number of hydrogen-bond acceptors (Lipinski definition) is 3. The number of aryl methyl sites for hydroxylation is 1. The predicted molar refractivity (Wildman–Crippen MR) is 126 cm³/mol. The first kappa shape index (κ1) is 19.5. The Kier molecular flexibility index (Phi) is 5.52. The van der Waals surface area contributed by atoms with Crippen molar-refractivity contribution in [2.24, 2.45) is 0 Å². The summed E-state index contributed by atoms with van der Waals surface area (Å²) in [6, 6.07) is 18.8. The van der Waals surface area contributed by atoms with Gasteiger partial charge in [-0.15, -0.1) is 0 Å². The summed E-state index contributed by atoms with van der Waals surface area (Å²) in [7, 11) is 0. The second kappa shape index (κ2) is 8.75. The fourth-order valence-electron chi connectivity index (χ4n) is 4.10. The molecule has 154 valence electrons. The smallest absolute Gasteiger partial charge is 0.113 e. The van der Waals surface area contributed by atoms with E-state index in [1.54, 1.807) is 0 Å². The fourth-order valence-corrected chi connectivity index (χ4v) is 4.10. The molecule has 4 heteroatoms. The van der Waals surface area contributed by atoms with Crippen LogP contribution in [0, 0.1) is 18.8 Å². The molecule has 1 aliphatic rings. The molecule has 1 fully saturated rings. The predicted octanol–water partition coefficient (Wildman–Crippen LogP) is 4.90. The third-order valence-electron chi connectivity index (χ3n) is 5.96. The molecule has 31 heavy (non-hydrogen) atoms. The Hall–Kier alpha value is -3.42. The van der Waals surface area contributed by atoms with Crippen LogP contribution in [0.15, 0.2) is 67.1 Å². The minimum Gasteiger partial charge on any atom is -0.329 e. The van der Waals surface area contributed by atoms with E-state index in [4.69, 9.17) is 0 Å². The van der Waals surface area contributed by atoms with Gasteiger partial charge in [-0.2, -0.15) is 0 Å². The van der Waals surface area contributed by atoms with Crippen LogP contribution in [0.1, 0.15) is 29.7 Å². The summed E-state index contributed by atoms with van der Waals surface area (Å²) in [4.78, 5) is 11.6. The molecular weight excluding hydrogens is 380 g/mol. The van der Waals surface area contributed by atoms with E-state index in [1.807, 2.05) is 18.6 Å². The summed E-state index contributed by atoms with van der Waals surface area (Å²) in [5.74, 6) is 6.42. The highest BCUT2D eigenvalue weighted by molar-refractivity contribution is 5.77. The van der Waals surface area contributed by atoms with E-state index in [0.717, 1.165) is 35.4 Å². The zero-order valence-corrected chi connectivity index (χ0v) is 17.9. The van der Waals surface area contributed by atoms with E-state index >= 15 is 0 Å². The second-order valence-corrected chi connectivity index (χ2v) is 8.24. The first-order chi connectivity index (χ1) is 15.2. The number of fused-ring (bicyclic) bond motifs is 1. The van der Waals surface area contributed by atoms with E-state index in [9.17, 15) is 0 Å². The summed E-state index contributed by atoms with van der Waals surface area (Å²) in [6.07, 6.45) is 6.50. The monoisotopic (exact) mass is 406 g/mol. The molecule has 0 spiro atoms. The minimum absolute atomic E-state index is 0.770. The quantitative estimate of drug-likeness (QED) is 0.452. The molecule has 0 saturated carbocycles. The van der Waals surface area contributed by atoms with Gasteiger partial charge in [-0.05, 0) is 68.6 Å².